The summed E-state index contributed by atoms with van der Waals surface area (Å²) in [6, 6.07) is 9.45. The van der Waals surface area contributed by atoms with Crippen LogP contribution in [0.4, 0.5) is 0 Å². The molecule has 3 heterocycles. The maximum absolute atomic E-state index is 12.8. The molecule has 2 aromatic rings. The zero-order valence-corrected chi connectivity index (χ0v) is 16.0. The fraction of sp³-hybridized carbons (Fsp3) is 0.476. The number of nitriles is 1. The summed E-state index contributed by atoms with van der Waals surface area (Å²) < 4.78 is 5.69. The second kappa shape index (κ2) is 7.64. The van der Waals surface area contributed by atoms with Gasteiger partial charge in [0, 0.05) is 31.1 Å². The number of furan rings is 1. The van der Waals surface area contributed by atoms with Gasteiger partial charge in [0.2, 0.25) is 5.91 Å². The number of rotatable bonds is 4. The number of hydrogen-bond acceptors (Lipinski definition) is 5. The molecule has 28 heavy (non-hydrogen) atoms. The topological polar surface area (TPSA) is 89.6 Å². The van der Waals surface area contributed by atoms with Crippen molar-refractivity contribution in [3.63, 3.8) is 0 Å². The van der Waals surface area contributed by atoms with Crippen molar-refractivity contribution in [2.24, 2.45) is 0 Å². The van der Waals surface area contributed by atoms with Crippen LogP contribution in [0.1, 0.15) is 35.4 Å². The molecule has 0 bridgehead atoms. The number of carbonyl (C=O) groups excluding carboxylic acids is 2. The zero-order valence-electron chi connectivity index (χ0n) is 16.0. The fourth-order valence-corrected chi connectivity index (χ4v) is 4.28. The van der Waals surface area contributed by atoms with Crippen molar-refractivity contribution in [2.75, 3.05) is 26.2 Å². The quantitative estimate of drug-likeness (QED) is 0.877. The number of amides is 2. The summed E-state index contributed by atoms with van der Waals surface area (Å²) in [5.74, 6) is 0.484. The van der Waals surface area contributed by atoms with Gasteiger partial charge in [0.05, 0.1) is 18.2 Å². The van der Waals surface area contributed by atoms with Crippen LogP contribution in [0.15, 0.2) is 28.7 Å². The molecule has 0 aliphatic carbocycles. The number of fused-ring (bicyclic) bond motifs is 1. The van der Waals surface area contributed by atoms with Crippen LogP contribution in [0.5, 0.6) is 0 Å². The van der Waals surface area contributed by atoms with E-state index in [1.807, 2.05) is 24.3 Å². The molecule has 2 fully saturated rings. The lowest BCUT2D eigenvalue weighted by Gasteiger charge is -2.23. The molecular formula is C21H24N4O3. The molecule has 146 valence electrons. The lowest BCUT2D eigenvalue weighted by molar-refractivity contribution is -0.132. The van der Waals surface area contributed by atoms with Gasteiger partial charge in [-0.1, -0.05) is 18.2 Å². The van der Waals surface area contributed by atoms with Crippen molar-refractivity contribution >= 4 is 22.8 Å². The molecule has 7 nitrogen and oxygen atoms in total. The number of nitrogens with one attached hydrogen (secondary N) is 1. The molecule has 1 N–H and O–H groups in total. The molecule has 2 aliphatic rings. The Bertz CT molecular complexity index is 945. The van der Waals surface area contributed by atoms with Crippen LogP contribution in [0.25, 0.3) is 11.0 Å². The SMILES string of the molecule is Cc1oc2ccccc2c1C(=O)N[C@H]1CCN(CC(=O)N2CCCC2C#N)C1. The minimum atomic E-state index is -0.289. The number of hydrogen-bond donors (Lipinski definition) is 1. The molecule has 2 amide bonds. The Morgan fingerprint density at radius 2 is 2.11 bits per heavy atom. The first-order chi connectivity index (χ1) is 13.6. The minimum Gasteiger partial charge on any atom is -0.461 e. The number of nitrogens with zero attached hydrogens (tertiary/aromatic N) is 3. The smallest absolute Gasteiger partial charge is 0.255 e. The van der Waals surface area contributed by atoms with E-state index in [0.717, 1.165) is 31.2 Å². The summed E-state index contributed by atoms with van der Waals surface area (Å²) in [5, 5.41) is 13.1. The average Bonchev–Trinajstić information content (AvgIpc) is 3.38. The summed E-state index contributed by atoms with van der Waals surface area (Å²) >= 11 is 0. The number of benzene rings is 1. The van der Waals surface area contributed by atoms with Crippen molar-refractivity contribution in [3.8, 4) is 6.07 Å². The van der Waals surface area contributed by atoms with Gasteiger partial charge in [-0.05, 0) is 32.3 Å². The number of carbonyl (C=O) groups is 2. The molecule has 1 unspecified atom stereocenters. The monoisotopic (exact) mass is 380 g/mol. The van der Waals surface area contributed by atoms with Crippen LogP contribution in [-0.4, -0.2) is 59.9 Å². The fourth-order valence-electron chi connectivity index (χ4n) is 4.28. The molecular weight excluding hydrogens is 356 g/mol. The first kappa shape index (κ1) is 18.5. The lowest BCUT2D eigenvalue weighted by Crippen LogP contribution is -2.43. The van der Waals surface area contributed by atoms with Crippen LogP contribution in [0, 0.1) is 18.3 Å². The normalized spacial score (nSPS) is 22.5. The van der Waals surface area contributed by atoms with E-state index in [2.05, 4.69) is 16.3 Å². The van der Waals surface area contributed by atoms with E-state index in [1.54, 1.807) is 11.8 Å². The van der Waals surface area contributed by atoms with Gasteiger partial charge in [-0.15, -0.1) is 0 Å². The molecule has 4 rings (SSSR count). The third-order valence-corrected chi connectivity index (χ3v) is 5.69. The van der Waals surface area contributed by atoms with E-state index in [1.165, 1.54) is 0 Å². The second-order valence-electron chi connectivity index (χ2n) is 7.60. The van der Waals surface area contributed by atoms with Crippen molar-refractivity contribution in [2.45, 2.75) is 38.3 Å². The average molecular weight is 380 g/mol. The molecule has 0 radical (unpaired) electrons. The molecule has 2 atom stereocenters. The van der Waals surface area contributed by atoms with Crippen molar-refractivity contribution < 1.29 is 14.0 Å². The van der Waals surface area contributed by atoms with Crippen LogP contribution in [0.2, 0.25) is 0 Å². The highest BCUT2D eigenvalue weighted by molar-refractivity contribution is 6.07. The molecule has 2 aliphatic heterocycles. The molecule has 7 heteroatoms. The van der Waals surface area contributed by atoms with E-state index in [9.17, 15) is 9.59 Å². The van der Waals surface area contributed by atoms with E-state index in [0.29, 0.717) is 36.5 Å². The van der Waals surface area contributed by atoms with Crippen molar-refractivity contribution in [3.05, 3.63) is 35.6 Å². The van der Waals surface area contributed by atoms with Gasteiger partial charge in [-0.2, -0.15) is 5.26 Å². The van der Waals surface area contributed by atoms with E-state index in [-0.39, 0.29) is 23.9 Å². The Morgan fingerprint density at radius 1 is 1.29 bits per heavy atom. The summed E-state index contributed by atoms with van der Waals surface area (Å²) in [7, 11) is 0. The van der Waals surface area contributed by atoms with Gasteiger partial charge in [-0.25, -0.2) is 0 Å². The van der Waals surface area contributed by atoms with Crippen LogP contribution in [0.3, 0.4) is 0 Å². The van der Waals surface area contributed by atoms with Gasteiger partial charge in [0.1, 0.15) is 17.4 Å². The van der Waals surface area contributed by atoms with E-state index in [4.69, 9.17) is 9.68 Å². The third-order valence-electron chi connectivity index (χ3n) is 5.69. The highest BCUT2D eigenvalue weighted by Crippen LogP contribution is 2.25. The molecule has 1 aromatic heterocycles. The highest BCUT2D eigenvalue weighted by Gasteiger charge is 2.32. The standard InChI is InChI=1S/C21H24N4O3/c1-14-20(17-6-2-3-7-18(17)28-14)21(27)23-15-8-10-24(12-15)13-19(26)25-9-4-5-16(25)11-22/h2-3,6-7,15-16H,4-5,8-10,12-13H2,1H3,(H,23,27)/t15-,16?/m0/s1. The summed E-state index contributed by atoms with van der Waals surface area (Å²) in [6.45, 7) is 4.16. The lowest BCUT2D eigenvalue weighted by atomic mass is 10.1. The molecule has 1 aromatic carbocycles. The molecule has 2 saturated heterocycles. The van der Waals surface area contributed by atoms with Gasteiger partial charge in [0.25, 0.3) is 5.91 Å². The Labute approximate surface area is 163 Å². The first-order valence-electron chi connectivity index (χ1n) is 9.77. The predicted molar refractivity (Wildman–Crippen MR) is 104 cm³/mol. The molecule has 0 saturated carbocycles. The Hall–Kier alpha value is -2.85. The zero-order chi connectivity index (χ0) is 19.7. The van der Waals surface area contributed by atoms with Crippen LogP contribution in [-0.2, 0) is 4.79 Å². The number of aryl methyl sites for hydroxylation is 1. The van der Waals surface area contributed by atoms with Crippen LogP contribution < -0.4 is 5.32 Å². The largest absolute Gasteiger partial charge is 0.461 e. The van der Waals surface area contributed by atoms with Crippen molar-refractivity contribution in [1.82, 2.24) is 15.1 Å². The van der Waals surface area contributed by atoms with Crippen molar-refractivity contribution in [1.29, 1.82) is 5.26 Å². The second-order valence-corrected chi connectivity index (χ2v) is 7.60. The summed E-state index contributed by atoms with van der Waals surface area (Å²) in [4.78, 5) is 29.1. The van der Waals surface area contributed by atoms with Gasteiger partial charge in [-0.3, -0.25) is 14.5 Å². The Morgan fingerprint density at radius 3 is 2.93 bits per heavy atom. The van der Waals surface area contributed by atoms with Crippen LogP contribution >= 0.6 is 0 Å². The highest BCUT2D eigenvalue weighted by atomic mass is 16.3. The maximum Gasteiger partial charge on any atom is 0.255 e. The Kier molecular flexibility index (Phi) is 5.05. The van der Waals surface area contributed by atoms with Gasteiger partial charge in [0.15, 0.2) is 0 Å². The van der Waals surface area contributed by atoms with E-state index >= 15 is 0 Å². The first-order valence-corrected chi connectivity index (χ1v) is 9.77. The third kappa shape index (κ3) is 3.48. The number of likely N-dealkylation sites (tertiary alicyclic amines) is 2. The Balaban J connectivity index is 1.36. The predicted octanol–water partition coefficient (Wildman–Crippen LogP) is 2.06. The number of para-hydroxylation sites is 1. The summed E-state index contributed by atoms with van der Waals surface area (Å²) in [5.41, 5.74) is 1.29. The maximum atomic E-state index is 12.8. The minimum absolute atomic E-state index is 0.00120. The van der Waals surface area contributed by atoms with E-state index < -0.39 is 0 Å². The van der Waals surface area contributed by atoms with Gasteiger partial charge < -0.3 is 14.6 Å². The molecule has 0 spiro atoms. The van der Waals surface area contributed by atoms with Gasteiger partial charge >= 0.3 is 0 Å². The summed E-state index contributed by atoms with van der Waals surface area (Å²) in [6.07, 6.45) is 2.45.